The smallest absolute Gasteiger partial charge is 0.125 e. The number of nitrogens with one attached hydrogen (secondary N) is 1. The molecule has 2 aromatic carbocycles. The van der Waals surface area contributed by atoms with Crippen LogP contribution in [-0.2, 0) is 13.1 Å². The highest BCUT2D eigenvalue weighted by molar-refractivity contribution is 5.49. The van der Waals surface area contributed by atoms with E-state index in [2.05, 4.69) is 22.3 Å². The molecule has 0 unspecified atom stereocenters. The third-order valence-electron chi connectivity index (χ3n) is 3.03. The molecule has 0 aliphatic rings. The number of nitrogens with zero attached hydrogens (tertiary/aromatic N) is 1. The highest BCUT2D eigenvalue weighted by Gasteiger charge is 2.06. The molecule has 19 heavy (non-hydrogen) atoms. The summed E-state index contributed by atoms with van der Waals surface area (Å²) in [5.74, 6) is -0.192. The molecule has 0 aliphatic heterocycles. The average Bonchev–Trinajstić information content (AvgIpc) is 2.39. The Bertz CT molecular complexity index is 526. The Balaban J connectivity index is 2.16. The zero-order valence-corrected chi connectivity index (χ0v) is 11.4. The molecule has 1 N–H and O–H groups in total. The lowest BCUT2D eigenvalue weighted by atomic mass is 10.1. The van der Waals surface area contributed by atoms with Gasteiger partial charge in [0.05, 0.1) is 0 Å². The molecule has 2 rings (SSSR count). The zero-order valence-electron chi connectivity index (χ0n) is 11.4. The molecule has 0 atom stereocenters. The van der Waals surface area contributed by atoms with Gasteiger partial charge in [-0.25, -0.2) is 4.39 Å². The van der Waals surface area contributed by atoms with Crippen LogP contribution in [0.4, 0.5) is 10.1 Å². The fourth-order valence-electron chi connectivity index (χ4n) is 2.11. The van der Waals surface area contributed by atoms with Gasteiger partial charge in [-0.3, -0.25) is 0 Å². The molecule has 0 amide bonds. The Morgan fingerprint density at radius 3 is 2.47 bits per heavy atom. The third-order valence-corrected chi connectivity index (χ3v) is 3.03. The van der Waals surface area contributed by atoms with Gasteiger partial charge in [-0.15, -0.1) is 0 Å². The highest BCUT2D eigenvalue weighted by Crippen LogP contribution is 2.19. The van der Waals surface area contributed by atoms with Crippen molar-refractivity contribution in [1.82, 2.24) is 5.32 Å². The number of halogens is 1. The van der Waals surface area contributed by atoms with Crippen molar-refractivity contribution in [3.8, 4) is 0 Å². The quantitative estimate of drug-likeness (QED) is 0.886. The van der Waals surface area contributed by atoms with Crippen LogP contribution in [0.15, 0.2) is 48.5 Å². The first kappa shape index (κ1) is 13.6. The summed E-state index contributed by atoms with van der Waals surface area (Å²) in [5, 5.41) is 3.04. The Morgan fingerprint density at radius 1 is 1.05 bits per heavy atom. The molecule has 3 heteroatoms. The molecule has 2 nitrogen and oxygen atoms in total. The monoisotopic (exact) mass is 258 g/mol. The molecule has 0 aliphatic carbocycles. The van der Waals surface area contributed by atoms with Crippen molar-refractivity contribution in [1.29, 1.82) is 0 Å². The molecule has 0 bridgehead atoms. The Kier molecular flexibility index (Phi) is 4.53. The molecule has 0 saturated carbocycles. The predicted molar refractivity (Wildman–Crippen MR) is 77.7 cm³/mol. The molecular formula is C16H19FN2. The Morgan fingerprint density at radius 2 is 1.79 bits per heavy atom. The van der Waals surface area contributed by atoms with Crippen molar-refractivity contribution in [3.05, 3.63) is 65.5 Å². The van der Waals surface area contributed by atoms with E-state index in [1.807, 2.05) is 38.4 Å². The van der Waals surface area contributed by atoms with Crippen LogP contribution in [0.1, 0.15) is 11.1 Å². The van der Waals surface area contributed by atoms with Gasteiger partial charge in [0.1, 0.15) is 5.82 Å². The fourth-order valence-corrected chi connectivity index (χ4v) is 2.11. The summed E-state index contributed by atoms with van der Waals surface area (Å²) in [7, 11) is 3.84. The largest absolute Gasteiger partial charge is 0.370 e. The van der Waals surface area contributed by atoms with Crippen molar-refractivity contribution in [3.63, 3.8) is 0 Å². The van der Waals surface area contributed by atoms with E-state index in [1.165, 1.54) is 5.56 Å². The minimum absolute atomic E-state index is 0.192. The van der Waals surface area contributed by atoms with E-state index >= 15 is 0 Å². The van der Waals surface area contributed by atoms with Crippen LogP contribution in [-0.4, -0.2) is 14.1 Å². The molecule has 0 radical (unpaired) electrons. The SMILES string of the molecule is CNCc1cc(F)cc(N(C)Cc2ccccc2)c1. The summed E-state index contributed by atoms with van der Waals surface area (Å²) >= 11 is 0. The highest BCUT2D eigenvalue weighted by atomic mass is 19.1. The van der Waals surface area contributed by atoms with Gasteiger partial charge in [-0.2, -0.15) is 0 Å². The van der Waals surface area contributed by atoms with Gasteiger partial charge in [-0.1, -0.05) is 30.3 Å². The predicted octanol–water partition coefficient (Wildman–Crippen LogP) is 3.18. The van der Waals surface area contributed by atoms with Gasteiger partial charge in [-0.05, 0) is 36.4 Å². The molecule has 0 heterocycles. The minimum atomic E-state index is -0.192. The fraction of sp³-hybridized carbons (Fsp3) is 0.250. The molecule has 100 valence electrons. The minimum Gasteiger partial charge on any atom is -0.370 e. The lowest BCUT2D eigenvalue weighted by Crippen LogP contribution is -2.17. The van der Waals surface area contributed by atoms with Gasteiger partial charge in [0.25, 0.3) is 0 Å². The number of rotatable bonds is 5. The van der Waals surface area contributed by atoms with E-state index in [0.717, 1.165) is 17.8 Å². The van der Waals surface area contributed by atoms with Crippen molar-refractivity contribution < 1.29 is 4.39 Å². The van der Waals surface area contributed by atoms with Crippen LogP contribution in [0.5, 0.6) is 0 Å². The third kappa shape index (κ3) is 3.80. The Hall–Kier alpha value is -1.87. The van der Waals surface area contributed by atoms with E-state index in [-0.39, 0.29) is 5.82 Å². The molecule has 2 aromatic rings. The maximum atomic E-state index is 13.6. The van der Waals surface area contributed by atoms with E-state index in [4.69, 9.17) is 0 Å². The van der Waals surface area contributed by atoms with E-state index in [1.54, 1.807) is 12.1 Å². The van der Waals surface area contributed by atoms with Gasteiger partial charge in [0.15, 0.2) is 0 Å². The van der Waals surface area contributed by atoms with Crippen molar-refractivity contribution in [2.24, 2.45) is 0 Å². The standard InChI is InChI=1S/C16H19FN2/c1-18-11-14-8-15(17)10-16(9-14)19(2)12-13-6-4-3-5-7-13/h3-10,18H,11-12H2,1-2H3. The van der Waals surface area contributed by atoms with Crippen LogP contribution in [0, 0.1) is 5.82 Å². The lowest BCUT2D eigenvalue weighted by molar-refractivity contribution is 0.623. The molecular weight excluding hydrogens is 239 g/mol. The maximum absolute atomic E-state index is 13.6. The van der Waals surface area contributed by atoms with Crippen LogP contribution < -0.4 is 10.2 Å². The van der Waals surface area contributed by atoms with Crippen LogP contribution >= 0.6 is 0 Å². The topological polar surface area (TPSA) is 15.3 Å². The van der Waals surface area contributed by atoms with E-state index in [9.17, 15) is 4.39 Å². The summed E-state index contributed by atoms with van der Waals surface area (Å²) in [4.78, 5) is 2.05. The first-order valence-electron chi connectivity index (χ1n) is 6.38. The van der Waals surface area contributed by atoms with Gasteiger partial charge < -0.3 is 10.2 Å². The molecule has 0 saturated heterocycles. The van der Waals surface area contributed by atoms with Gasteiger partial charge in [0.2, 0.25) is 0 Å². The van der Waals surface area contributed by atoms with Crippen molar-refractivity contribution in [2.75, 3.05) is 19.0 Å². The second kappa shape index (κ2) is 6.34. The van der Waals surface area contributed by atoms with Crippen LogP contribution in [0.2, 0.25) is 0 Å². The van der Waals surface area contributed by atoms with E-state index in [0.29, 0.717) is 6.54 Å². The molecule has 0 fully saturated rings. The van der Waals surface area contributed by atoms with Crippen molar-refractivity contribution >= 4 is 5.69 Å². The maximum Gasteiger partial charge on any atom is 0.125 e. The number of hydrogen-bond acceptors (Lipinski definition) is 2. The van der Waals surface area contributed by atoms with Gasteiger partial charge >= 0.3 is 0 Å². The lowest BCUT2D eigenvalue weighted by Gasteiger charge is -2.20. The first-order valence-corrected chi connectivity index (χ1v) is 6.38. The Labute approximate surface area is 113 Å². The number of hydrogen-bond donors (Lipinski definition) is 1. The summed E-state index contributed by atoms with van der Waals surface area (Å²) < 4.78 is 13.6. The summed E-state index contributed by atoms with van der Waals surface area (Å²) in [6.45, 7) is 1.44. The summed E-state index contributed by atoms with van der Waals surface area (Å²) in [6.07, 6.45) is 0. The first-order chi connectivity index (χ1) is 9.19. The number of anilines is 1. The van der Waals surface area contributed by atoms with Gasteiger partial charge in [0, 0.05) is 25.8 Å². The number of benzene rings is 2. The average molecular weight is 258 g/mol. The molecule has 0 aromatic heterocycles. The van der Waals surface area contributed by atoms with Crippen LogP contribution in [0.25, 0.3) is 0 Å². The summed E-state index contributed by atoms with van der Waals surface area (Å²) in [6, 6.07) is 15.3. The second-order valence-corrected chi connectivity index (χ2v) is 4.69. The van der Waals surface area contributed by atoms with Crippen LogP contribution in [0.3, 0.4) is 0 Å². The second-order valence-electron chi connectivity index (χ2n) is 4.69. The van der Waals surface area contributed by atoms with E-state index < -0.39 is 0 Å². The van der Waals surface area contributed by atoms with Crippen molar-refractivity contribution in [2.45, 2.75) is 13.1 Å². The summed E-state index contributed by atoms with van der Waals surface area (Å²) in [5.41, 5.74) is 3.07. The zero-order chi connectivity index (χ0) is 13.7. The normalized spacial score (nSPS) is 10.5. The molecule has 0 spiro atoms.